The van der Waals surface area contributed by atoms with Crippen molar-refractivity contribution >= 4 is 23.2 Å². The quantitative estimate of drug-likeness (QED) is 0.541. The van der Waals surface area contributed by atoms with Crippen molar-refractivity contribution in [3.63, 3.8) is 0 Å². The third-order valence-corrected chi connectivity index (χ3v) is 5.12. The third kappa shape index (κ3) is 3.99. The molecule has 0 radical (unpaired) electrons. The summed E-state index contributed by atoms with van der Waals surface area (Å²) in [5.41, 5.74) is 7.20. The number of rotatable bonds is 5. The topological polar surface area (TPSA) is 46.5 Å². The zero-order valence-electron chi connectivity index (χ0n) is 16.5. The molecule has 0 aromatic heterocycles. The van der Waals surface area contributed by atoms with Crippen molar-refractivity contribution in [3.8, 4) is 11.5 Å². The number of aryl methyl sites for hydroxylation is 1. The van der Waals surface area contributed by atoms with E-state index in [0.29, 0.717) is 0 Å². The zero-order chi connectivity index (χ0) is 20.4. The predicted octanol–water partition coefficient (Wildman–Crippen LogP) is 6.59. The van der Waals surface area contributed by atoms with Crippen LogP contribution in [0.15, 0.2) is 78.4 Å². The molecule has 1 aliphatic rings. The standard InChI is InChI=1S/C26H22O3/c1-17-11-12-22-23(18(2)24(16-26(27)28)25(22)13-17)15-19-7-6-10-21(14-19)29-20-8-4-3-5-9-20/h3-15H,16H2,1-2H3,(H,27,28)/b23-15-. The Labute approximate surface area is 170 Å². The second-order valence-corrected chi connectivity index (χ2v) is 7.27. The summed E-state index contributed by atoms with van der Waals surface area (Å²) in [6, 6.07) is 23.8. The van der Waals surface area contributed by atoms with Gasteiger partial charge in [0.2, 0.25) is 0 Å². The van der Waals surface area contributed by atoms with Crippen LogP contribution >= 0.6 is 0 Å². The van der Waals surface area contributed by atoms with Crippen LogP contribution in [0.25, 0.3) is 17.2 Å². The molecule has 0 aliphatic heterocycles. The van der Waals surface area contributed by atoms with Crippen LogP contribution in [0.3, 0.4) is 0 Å². The van der Waals surface area contributed by atoms with Crippen LogP contribution in [0.5, 0.6) is 11.5 Å². The minimum Gasteiger partial charge on any atom is -0.481 e. The van der Waals surface area contributed by atoms with Crippen LogP contribution in [-0.2, 0) is 4.79 Å². The molecule has 3 aromatic rings. The van der Waals surface area contributed by atoms with E-state index in [0.717, 1.165) is 50.5 Å². The fourth-order valence-electron chi connectivity index (χ4n) is 3.73. The van der Waals surface area contributed by atoms with Gasteiger partial charge in [0.05, 0.1) is 6.42 Å². The summed E-state index contributed by atoms with van der Waals surface area (Å²) in [6.07, 6.45) is 2.13. The first-order chi connectivity index (χ1) is 14.0. The first kappa shape index (κ1) is 18.8. The van der Waals surface area contributed by atoms with Crippen LogP contribution in [0.2, 0.25) is 0 Å². The summed E-state index contributed by atoms with van der Waals surface area (Å²) in [7, 11) is 0. The van der Waals surface area contributed by atoms with Crippen molar-refractivity contribution in [1.29, 1.82) is 0 Å². The first-order valence-corrected chi connectivity index (χ1v) is 9.59. The lowest BCUT2D eigenvalue weighted by atomic mass is 9.99. The molecular formula is C26H22O3. The molecule has 0 fully saturated rings. The largest absolute Gasteiger partial charge is 0.481 e. The van der Waals surface area contributed by atoms with Crippen LogP contribution in [0.1, 0.15) is 35.6 Å². The molecule has 0 spiro atoms. The summed E-state index contributed by atoms with van der Waals surface area (Å²) in [5.74, 6) is 0.741. The van der Waals surface area contributed by atoms with E-state index in [4.69, 9.17) is 4.74 Å². The molecule has 0 amide bonds. The molecule has 3 heteroatoms. The molecular weight excluding hydrogens is 360 g/mol. The van der Waals surface area contributed by atoms with Crippen molar-refractivity contribution in [2.45, 2.75) is 20.3 Å². The second-order valence-electron chi connectivity index (χ2n) is 7.27. The summed E-state index contributed by atoms with van der Waals surface area (Å²) in [6.45, 7) is 4.03. The highest BCUT2D eigenvalue weighted by atomic mass is 16.5. The number of carboxylic acid groups (broad SMARTS) is 1. The monoisotopic (exact) mass is 382 g/mol. The molecule has 0 saturated carbocycles. The van der Waals surface area contributed by atoms with Crippen LogP contribution in [0, 0.1) is 6.92 Å². The number of fused-ring (bicyclic) bond motifs is 1. The van der Waals surface area contributed by atoms with E-state index in [-0.39, 0.29) is 6.42 Å². The Morgan fingerprint density at radius 2 is 1.66 bits per heavy atom. The maximum Gasteiger partial charge on any atom is 0.307 e. The van der Waals surface area contributed by atoms with Crippen molar-refractivity contribution in [2.24, 2.45) is 0 Å². The van der Waals surface area contributed by atoms with Gasteiger partial charge in [0, 0.05) is 0 Å². The maximum atomic E-state index is 11.4. The first-order valence-electron chi connectivity index (χ1n) is 9.59. The Morgan fingerprint density at radius 1 is 0.897 bits per heavy atom. The Morgan fingerprint density at radius 3 is 2.41 bits per heavy atom. The summed E-state index contributed by atoms with van der Waals surface area (Å²) >= 11 is 0. The molecule has 0 unspecified atom stereocenters. The van der Waals surface area contributed by atoms with Gasteiger partial charge in [-0.3, -0.25) is 4.79 Å². The van der Waals surface area contributed by atoms with Crippen LogP contribution < -0.4 is 4.74 Å². The average molecular weight is 382 g/mol. The van der Waals surface area contributed by atoms with Crippen molar-refractivity contribution in [1.82, 2.24) is 0 Å². The van der Waals surface area contributed by atoms with E-state index in [1.807, 2.05) is 68.4 Å². The number of para-hydroxylation sites is 1. The Hall–Kier alpha value is -3.59. The molecule has 0 saturated heterocycles. The van der Waals surface area contributed by atoms with E-state index in [1.165, 1.54) is 0 Å². The highest BCUT2D eigenvalue weighted by molar-refractivity contribution is 6.07. The molecule has 1 N–H and O–H groups in total. The Bertz CT molecular complexity index is 1140. The summed E-state index contributed by atoms with van der Waals surface area (Å²) in [4.78, 5) is 11.4. The Balaban J connectivity index is 1.73. The van der Waals surface area contributed by atoms with E-state index < -0.39 is 5.97 Å². The van der Waals surface area contributed by atoms with Gasteiger partial charge < -0.3 is 9.84 Å². The van der Waals surface area contributed by atoms with Gasteiger partial charge in [0.25, 0.3) is 0 Å². The number of carbonyl (C=O) groups is 1. The van der Waals surface area contributed by atoms with Crippen LogP contribution in [0.4, 0.5) is 0 Å². The van der Waals surface area contributed by atoms with Gasteiger partial charge in [-0.15, -0.1) is 0 Å². The van der Waals surface area contributed by atoms with Crippen molar-refractivity contribution in [3.05, 3.63) is 101 Å². The lowest BCUT2D eigenvalue weighted by Crippen LogP contribution is -1.97. The molecule has 4 rings (SSSR count). The molecule has 1 aliphatic carbocycles. The molecule has 0 bridgehead atoms. The van der Waals surface area contributed by atoms with Gasteiger partial charge in [-0.25, -0.2) is 0 Å². The number of benzene rings is 3. The van der Waals surface area contributed by atoms with Gasteiger partial charge in [-0.05, 0) is 77.6 Å². The number of allylic oxidation sites excluding steroid dienone is 2. The zero-order valence-corrected chi connectivity index (χ0v) is 16.5. The molecule has 144 valence electrons. The summed E-state index contributed by atoms with van der Waals surface area (Å²) in [5, 5.41) is 9.37. The van der Waals surface area contributed by atoms with E-state index >= 15 is 0 Å². The number of aliphatic carboxylic acids is 1. The molecule has 3 aromatic carbocycles. The lowest BCUT2D eigenvalue weighted by Gasteiger charge is -2.08. The van der Waals surface area contributed by atoms with E-state index in [9.17, 15) is 9.90 Å². The van der Waals surface area contributed by atoms with Crippen molar-refractivity contribution in [2.75, 3.05) is 0 Å². The highest BCUT2D eigenvalue weighted by Gasteiger charge is 2.25. The van der Waals surface area contributed by atoms with E-state index in [2.05, 4.69) is 24.3 Å². The van der Waals surface area contributed by atoms with Gasteiger partial charge >= 0.3 is 5.97 Å². The number of hydrogen-bond acceptors (Lipinski definition) is 2. The fraction of sp³-hybridized carbons (Fsp3) is 0.115. The molecule has 0 atom stereocenters. The number of ether oxygens (including phenoxy) is 1. The molecule has 0 heterocycles. The van der Waals surface area contributed by atoms with Gasteiger partial charge in [0.1, 0.15) is 11.5 Å². The SMILES string of the molecule is CC1=C(CC(=O)O)c2cc(C)ccc2/C1=C\c1cccc(Oc2ccccc2)c1. The lowest BCUT2D eigenvalue weighted by molar-refractivity contribution is -0.135. The molecule has 29 heavy (non-hydrogen) atoms. The van der Waals surface area contributed by atoms with Crippen molar-refractivity contribution < 1.29 is 14.6 Å². The molecule has 3 nitrogen and oxygen atoms in total. The van der Waals surface area contributed by atoms with Gasteiger partial charge in [-0.1, -0.05) is 54.1 Å². The van der Waals surface area contributed by atoms with Crippen LogP contribution in [-0.4, -0.2) is 11.1 Å². The van der Waals surface area contributed by atoms with Gasteiger partial charge in [-0.2, -0.15) is 0 Å². The third-order valence-electron chi connectivity index (χ3n) is 5.12. The van der Waals surface area contributed by atoms with E-state index in [1.54, 1.807) is 0 Å². The second kappa shape index (κ2) is 7.80. The summed E-state index contributed by atoms with van der Waals surface area (Å²) < 4.78 is 5.95. The van der Waals surface area contributed by atoms with Gasteiger partial charge in [0.15, 0.2) is 0 Å². The predicted molar refractivity (Wildman–Crippen MR) is 117 cm³/mol. The smallest absolute Gasteiger partial charge is 0.307 e. The Kier molecular flexibility index (Phi) is 5.05. The maximum absolute atomic E-state index is 11.4. The fourth-order valence-corrected chi connectivity index (χ4v) is 3.73. The highest BCUT2D eigenvalue weighted by Crippen LogP contribution is 2.44. The number of hydrogen-bond donors (Lipinski definition) is 1. The normalized spacial score (nSPS) is 14.2. The number of carboxylic acids is 1. The average Bonchev–Trinajstić information content (AvgIpc) is 2.94. The minimum absolute atomic E-state index is 0.0246. The minimum atomic E-state index is -0.814.